The number of benzene rings is 2. The maximum Gasteiger partial charge on any atom is 0.283 e. The van der Waals surface area contributed by atoms with Gasteiger partial charge >= 0.3 is 0 Å². The molecule has 0 atom stereocenters. The van der Waals surface area contributed by atoms with Crippen molar-refractivity contribution in [3.05, 3.63) is 67.7 Å². The number of nitro benzene ring substituents is 1. The second-order valence-corrected chi connectivity index (χ2v) is 5.57. The molecule has 1 N–H and O–H groups in total. The lowest BCUT2D eigenvalue weighted by atomic mass is 10.1. The molecule has 20 heavy (non-hydrogen) atoms. The average molecular weight is 335 g/mol. The van der Waals surface area contributed by atoms with Gasteiger partial charge in [-0.3, -0.25) is 10.1 Å². The number of hydrogen-bond acceptors (Lipinski definition) is 3. The molecule has 0 spiro atoms. The summed E-state index contributed by atoms with van der Waals surface area (Å²) in [7, 11) is 0. The van der Waals surface area contributed by atoms with Crippen LogP contribution >= 0.6 is 15.9 Å². The predicted molar refractivity (Wildman–Crippen MR) is 84.0 cm³/mol. The summed E-state index contributed by atoms with van der Waals surface area (Å²) < 4.78 is 0.498. The maximum absolute atomic E-state index is 10.9. The quantitative estimate of drug-likeness (QED) is 0.657. The smallest absolute Gasteiger partial charge is 0.283 e. The molecule has 0 saturated carbocycles. The Hall–Kier alpha value is -1.88. The molecule has 0 aromatic heterocycles. The van der Waals surface area contributed by atoms with Gasteiger partial charge in [0.15, 0.2) is 0 Å². The highest BCUT2D eigenvalue weighted by Gasteiger charge is 2.12. The van der Waals surface area contributed by atoms with Gasteiger partial charge in [0.05, 0.1) is 9.40 Å². The minimum Gasteiger partial charge on any atom is -0.381 e. The molecular formula is C15H15BrN2O2. The SMILES string of the molecule is Cc1ccc(C)c(NCc2ccc(Br)c([N+](=O)[O-])c2)c1. The van der Waals surface area contributed by atoms with Gasteiger partial charge in [0.1, 0.15) is 0 Å². The summed E-state index contributed by atoms with van der Waals surface area (Å²) in [6.07, 6.45) is 0. The van der Waals surface area contributed by atoms with Crippen LogP contribution in [0.1, 0.15) is 16.7 Å². The zero-order valence-corrected chi connectivity index (χ0v) is 12.9. The van der Waals surface area contributed by atoms with Gasteiger partial charge in [0, 0.05) is 18.3 Å². The minimum absolute atomic E-state index is 0.0882. The van der Waals surface area contributed by atoms with E-state index in [4.69, 9.17) is 0 Å². The Balaban J connectivity index is 2.17. The van der Waals surface area contributed by atoms with Crippen LogP contribution in [-0.2, 0) is 6.54 Å². The van der Waals surface area contributed by atoms with Gasteiger partial charge in [0.2, 0.25) is 0 Å². The number of halogens is 1. The van der Waals surface area contributed by atoms with Gasteiger partial charge in [-0.1, -0.05) is 18.2 Å². The summed E-state index contributed by atoms with van der Waals surface area (Å²) in [4.78, 5) is 10.5. The predicted octanol–water partition coefficient (Wildman–Crippen LogP) is 4.59. The first-order valence-corrected chi connectivity index (χ1v) is 7.00. The van der Waals surface area contributed by atoms with Crippen LogP contribution in [0.15, 0.2) is 40.9 Å². The second-order valence-electron chi connectivity index (χ2n) is 4.71. The van der Waals surface area contributed by atoms with Crippen molar-refractivity contribution in [1.82, 2.24) is 0 Å². The Morgan fingerprint density at radius 1 is 1.20 bits per heavy atom. The number of nitrogens with zero attached hydrogens (tertiary/aromatic N) is 1. The summed E-state index contributed by atoms with van der Waals surface area (Å²) in [5, 5.41) is 14.2. The lowest BCUT2D eigenvalue weighted by Crippen LogP contribution is -2.02. The van der Waals surface area contributed by atoms with Crippen molar-refractivity contribution in [2.75, 3.05) is 5.32 Å². The number of anilines is 1. The van der Waals surface area contributed by atoms with Crippen molar-refractivity contribution in [3.8, 4) is 0 Å². The van der Waals surface area contributed by atoms with E-state index in [0.29, 0.717) is 11.0 Å². The number of rotatable bonds is 4. The monoisotopic (exact) mass is 334 g/mol. The molecule has 0 unspecified atom stereocenters. The molecule has 0 radical (unpaired) electrons. The molecule has 0 heterocycles. The van der Waals surface area contributed by atoms with Crippen LogP contribution in [0, 0.1) is 24.0 Å². The molecule has 0 aliphatic heterocycles. The molecule has 2 rings (SSSR count). The Morgan fingerprint density at radius 2 is 1.95 bits per heavy atom. The lowest BCUT2D eigenvalue weighted by molar-refractivity contribution is -0.385. The van der Waals surface area contributed by atoms with Crippen molar-refractivity contribution < 1.29 is 4.92 Å². The summed E-state index contributed by atoms with van der Waals surface area (Å²) >= 11 is 3.19. The first-order valence-electron chi connectivity index (χ1n) is 6.21. The van der Waals surface area contributed by atoms with Crippen molar-refractivity contribution in [3.63, 3.8) is 0 Å². The fourth-order valence-electron chi connectivity index (χ4n) is 1.93. The van der Waals surface area contributed by atoms with E-state index < -0.39 is 0 Å². The first-order chi connectivity index (χ1) is 9.47. The molecule has 2 aromatic rings. The number of aryl methyl sites for hydroxylation is 2. The lowest BCUT2D eigenvalue weighted by Gasteiger charge is -2.10. The highest BCUT2D eigenvalue weighted by Crippen LogP contribution is 2.26. The van der Waals surface area contributed by atoms with E-state index in [2.05, 4.69) is 39.4 Å². The molecule has 0 amide bonds. The van der Waals surface area contributed by atoms with Crippen LogP contribution in [0.3, 0.4) is 0 Å². The van der Waals surface area contributed by atoms with Crippen LogP contribution in [0.2, 0.25) is 0 Å². The van der Waals surface area contributed by atoms with Crippen molar-refractivity contribution in [1.29, 1.82) is 0 Å². The van der Waals surface area contributed by atoms with Gasteiger partial charge in [-0.2, -0.15) is 0 Å². The van der Waals surface area contributed by atoms with Gasteiger partial charge in [-0.15, -0.1) is 0 Å². The van der Waals surface area contributed by atoms with E-state index in [-0.39, 0.29) is 10.6 Å². The Bertz CT molecular complexity index is 656. The molecule has 104 valence electrons. The van der Waals surface area contributed by atoms with E-state index in [9.17, 15) is 10.1 Å². The fourth-order valence-corrected chi connectivity index (χ4v) is 2.32. The zero-order chi connectivity index (χ0) is 14.7. The van der Waals surface area contributed by atoms with Gasteiger partial charge in [0.25, 0.3) is 5.69 Å². The third-order valence-electron chi connectivity index (χ3n) is 3.08. The van der Waals surface area contributed by atoms with Crippen LogP contribution in [0.4, 0.5) is 11.4 Å². The normalized spacial score (nSPS) is 10.3. The van der Waals surface area contributed by atoms with Crippen molar-refractivity contribution in [2.45, 2.75) is 20.4 Å². The molecule has 5 heteroatoms. The molecule has 0 fully saturated rings. The van der Waals surface area contributed by atoms with Crippen LogP contribution in [-0.4, -0.2) is 4.92 Å². The van der Waals surface area contributed by atoms with Crippen LogP contribution in [0.25, 0.3) is 0 Å². The third-order valence-corrected chi connectivity index (χ3v) is 3.75. The highest BCUT2D eigenvalue weighted by molar-refractivity contribution is 9.10. The summed E-state index contributed by atoms with van der Waals surface area (Å²) in [5.74, 6) is 0. The first kappa shape index (κ1) is 14.5. The van der Waals surface area contributed by atoms with Gasteiger partial charge in [-0.25, -0.2) is 0 Å². The zero-order valence-electron chi connectivity index (χ0n) is 11.3. The third kappa shape index (κ3) is 3.36. The molecule has 4 nitrogen and oxygen atoms in total. The standard InChI is InChI=1S/C15H15BrN2O2/c1-10-3-4-11(2)14(7-10)17-9-12-5-6-13(16)15(8-12)18(19)20/h3-8,17H,9H2,1-2H3. The fraction of sp³-hybridized carbons (Fsp3) is 0.200. The maximum atomic E-state index is 10.9. The van der Waals surface area contributed by atoms with Gasteiger partial charge in [-0.05, 0) is 58.6 Å². The molecular weight excluding hydrogens is 320 g/mol. The second kappa shape index (κ2) is 6.05. The van der Waals surface area contributed by atoms with Gasteiger partial charge < -0.3 is 5.32 Å². The largest absolute Gasteiger partial charge is 0.381 e. The van der Waals surface area contributed by atoms with Crippen molar-refractivity contribution in [2.24, 2.45) is 0 Å². The van der Waals surface area contributed by atoms with Crippen LogP contribution < -0.4 is 5.32 Å². The Labute approximate surface area is 126 Å². The van der Waals surface area contributed by atoms with E-state index in [1.54, 1.807) is 12.1 Å². The number of nitrogens with one attached hydrogen (secondary N) is 1. The minimum atomic E-state index is -0.383. The van der Waals surface area contributed by atoms with E-state index in [1.165, 1.54) is 5.56 Å². The number of nitro groups is 1. The van der Waals surface area contributed by atoms with E-state index in [1.807, 2.05) is 19.9 Å². The van der Waals surface area contributed by atoms with Crippen molar-refractivity contribution >= 4 is 27.3 Å². The Morgan fingerprint density at radius 3 is 2.65 bits per heavy atom. The molecule has 0 bridgehead atoms. The highest BCUT2D eigenvalue weighted by atomic mass is 79.9. The topological polar surface area (TPSA) is 55.2 Å². The Kier molecular flexibility index (Phi) is 4.39. The molecule has 2 aromatic carbocycles. The van der Waals surface area contributed by atoms with E-state index >= 15 is 0 Å². The van der Waals surface area contributed by atoms with E-state index in [0.717, 1.165) is 16.8 Å². The average Bonchev–Trinajstić information content (AvgIpc) is 2.41. The molecule has 0 aliphatic carbocycles. The molecule has 0 saturated heterocycles. The van der Waals surface area contributed by atoms with Crippen LogP contribution in [0.5, 0.6) is 0 Å². The summed E-state index contributed by atoms with van der Waals surface area (Å²) in [6, 6.07) is 11.4. The summed E-state index contributed by atoms with van der Waals surface area (Å²) in [5.41, 5.74) is 4.35. The number of hydrogen-bond donors (Lipinski definition) is 1. The molecule has 0 aliphatic rings. The summed E-state index contributed by atoms with van der Waals surface area (Å²) in [6.45, 7) is 4.62.